The summed E-state index contributed by atoms with van der Waals surface area (Å²) in [6, 6.07) is 9.55. The number of hydrogen-bond acceptors (Lipinski definition) is 4. The van der Waals surface area contributed by atoms with Crippen molar-refractivity contribution in [3.63, 3.8) is 0 Å². The van der Waals surface area contributed by atoms with Crippen LogP contribution in [-0.4, -0.2) is 10.9 Å². The molecule has 1 aromatic rings. The van der Waals surface area contributed by atoms with Gasteiger partial charge in [0, 0.05) is 12.0 Å². The van der Waals surface area contributed by atoms with Crippen molar-refractivity contribution in [2.45, 2.75) is 12.8 Å². The predicted octanol–water partition coefficient (Wildman–Crippen LogP) is 1.91. The van der Waals surface area contributed by atoms with Crippen LogP contribution < -0.4 is 0 Å². The van der Waals surface area contributed by atoms with Crippen molar-refractivity contribution < 1.29 is 14.5 Å². The molecule has 1 unspecified atom stereocenters. The minimum atomic E-state index is -0.672. The van der Waals surface area contributed by atoms with Gasteiger partial charge in [0.05, 0.1) is 6.42 Å². The lowest BCUT2D eigenvalue weighted by Crippen LogP contribution is -2.21. The quantitative estimate of drug-likeness (QED) is 0.454. The zero-order chi connectivity index (χ0) is 12.3. The van der Waals surface area contributed by atoms with E-state index in [2.05, 4.69) is 4.74 Å². The average Bonchev–Trinajstić information content (AvgIpc) is 2.29. The third-order valence-corrected chi connectivity index (χ3v) is 2.55. The summed E-state index contributed by atoms with van der Waals surface area (Å²) in [5.74, 6) is -1.17. The SMILES string of the molecule is O=C1CC(Cc2ccccc2)C=C([N+](=O)[O-])O1. The molecule has 1 aliphatic heterocycles. The molecule has 0 saturated carbocycles. The number of carbonyl (C=O) groups excluding carboxylic acids is 1. The fraction of sp³-hybridized carbons (Fsp3) is 0.250. The van der Waals surface area contributed by atoms with Crippen LogP contribution in [0.1, 0.15) is 12.0 Å². The van der Waals surface area contributed by atoms with Crippen molar-refractivity contribution in [1.82, 2.24) is 0 Å². The van der Waals surface area contributed by atoms with E-state index in [4.69, 9.17) is 0 Å². The van der Waals surface area contributed by atoms with E-state index in [0.29, 0.717) is 6.42 Å². The summed E-state index contributed by atoms with van der Waals surface area (Å²) >= 11 is 0. The number of cyclic esters (lactones) is 1. The molecule has 0 fully saturated rings. The molecule has 2 rings (SSSR count). The predicted molar refractivity (Wildman–Crippen MR) is 59.4 cm³/mol. The van der Waals surface area contributed by atoms with Gasteiger partial charge in [-0.05, 0) is 12.0 Å². The summed E-state index contributed by atoms with van der Waals surface area (Å²) in [6.45, 7) is 0. The van der Waals surface area contributed by atoms with Crippen LogP contribution in [0.25, 0.3) is 0 Å². The van der Waals surface area contributed by atoms with Crippen molar-refractivity contribution in [2.24, 2.45) is 5.92 Å². The fourth-order valence-corrected chi connectivity index (χ4v) is 1.81. The van der Waals surface area contributed by atoms with Crippen LogP contribution in [0.3, 0.4) is 0 Å². The van der Waals surface area contributed by atoms with Crippen molar-refractivity contribution in [3.8, 4) is 0 Å². The van der Waals surface area contributed by atoms with E-state index in [1.807, 2.05) is 30.3 Å². The van der Waals surface area contributed by atoms with Crippen LogP contribution in [0.2, 0.25) is 0 Å². The lowest BCUT2D eigenvalue weighted by Gasteiger charge is -2.15. The van der Waals surface area contributed by atoms with Gasteiger partial charge in [0.25, 0.3) is 0 Å². The molecule has 0 bridgehead atoms. The molecule has 17 heavy (non-hydrogen) atoms. The normalized spacial score (nSPS) is 19.4. The first kappa shape index (κ1) is 11.3. The Hall–Kier alpha value is -2.17. The number of allylic oxidation sites excluding steroid dienone is 1. The van der Waals surface area contributed by atoms with Gasteiger partial charge in [-0.1, -0.05) is 30.3 Å². The first-order chi connectivity index (χ1) is 8.15. The summed E-state index contributed by atoms with van der Waals surface area (Å²) in [4.78, 5) is 21.1. The molecule has 0 aliphatic carbocycles. The minimum Gasteiger partial charge on any atom is -0.367 e. The highest BCUT2D eigenvalue weighted by molar-refractivity contribution is 5.72. The number of hydrogen-bond donors (Lipinski definition) is 0. The van der Waals surface area contributed by atoms with Gasteiger partial charge in [-0.25, -0.2) is 0 Å². The van der Waals surface area contributed by atoms with Gasteiger partial charge < -0.3 is 4.74 Å². The van der Waals surface area contributed by atoms with E-state index in [1.54, 1.807) is 0 Å². The highest BCUT2D eigenvalue weighted by atomic mass is 16.7. The first-order valence-electron chi connectivity index (χ1n) is 5.26. The molecule has 0 N–H and O–H groups in total. The van der Waals surface area contributed by atoms with Gasteiger partial charge in [-0.3, -0.25) is 14.9 Å². The molecule has 0 saturated heterocycles. The summed E-state index contributed by atoms with van der Waals surface area (Å²) in [5, 5.41) is 10.6. The Kier molecular flexibility index (Phi) is 3.18. The van der Waals surface area contributed by atoms with Crippen LogP contribution in [0.15, 0.2) is 42.3 Å². The molecule has 1 aliphatic rings. The maximum absolute atomic E-state index is 11.2. The van der Waals surface area contributed by atoms with Crippen LogP contribution in [0.5, 0.6) is 0 Å². The third kappa shape index (κ3) is 2.90. The number of rotatable bonds is 3. The Labute approximate surface area is 97.9 Å². The van der Waals surface area contributed by atoms with E-state index >= 15 is 0 Å². The summed E-state index contributed by atoms with van der Waals surface area (Å²) < 4.78 is 4.54. The molecule has 0 spiro atoms. The van der Waals surface area contributed by atoms with Crippen LogP contribution in [-0.2, 0) is 16.0 Å². The molecule has 1 atom stereocenters. The third-order valence-electron chi connectivity index (χ3n) is 2.55. The number of esters is 1. The molecule has 0 radical (unpaired) electrons. The van der Waals surface area contributed by atoms with Crippen LogP contribution >= 0.6 is 0 Å². The lowest BCUT2D eigenvalue weighted by atomic mass is 9.95. The highest BCUT2D eigenvalue weighted by Gasteiger charge is 2.28. The zero-order valence-corrected chi connectivity index (χ0v) is 9.04. The van der Waals surface area contributed by atoms with Crippen LogP contribution in [0, 0.1) is 16.0 Å². The van der Waals surface area contributed by atoms with E-state index in [-0.39, 0.29) is 12.3 Å². The van der Waals surface area contributed by atoms with Crippen molar-refractivity contribution in [1.29, 1.82) is 0 Å². The summed E-state index contributed by atoms with van der Waals surface area (Å²) in [6.07, 6.45) is 2.20. The van der Waals surface area contributed by atoms with Crippen molar-refractivity contribution in [3.05, 3.63) is 58.0 Å². The summed E-state index contributed by atoms with van der Waals surface area (Å²) in [7, 11) is 0. The van der Waals surface area contributed by atoms with Crippen molar-refractivity contribution in [2.75, 3.05) is 0 Å². The molecule has 1 heterocycles. The summed E-state index contributed by atoms with van der Waals surface area (Å²) in [5.41, 5.74) is 1.05. The molecule has 5 nitrogen and oxygen atoms in total. The lowest BCUT2D eigenvalue weighted by molar-refractivity contribution is -0.459. The maximum atomic E-state index is 11.2. The monoisotopic (exact) mass is 233 g/mol. The van der Waals surface area contributed by atoms with E-state index < -0.39 is 16.8 Å². The van der Waals surface area contributed by atoms with Gasteiger partial charge in [0.2, 0.25) is 0 Å². The van der Waals surface area contributed by atoms with Gasteiger partial charge in [0.1, 0.15) is 4.92 Å². The molecule has 0 aromatic heterocycles. The molecule has 88 valence electrons. The molecular weight excluding hydrogens is 222 g/mol. The van der Waals surface area contributed by atoms with Crippen molar-refractivity contribution >= 4 is 5.97 Å². The van der Waals surface area contributed by atoms with Gasteiger partial charge >= 0.3 is 11.9 Å². The Bertz CT molecular complexity index is 467. The van der Waals surface area contributed by atoms with E-state index in [0.717, 1.165) is 5.56 Å². The van der Waals surface area contributed by atoms with E-state index in [1.165, 1.54) is 6.08 Å². The smallest absolute Gasteiger partial charge is 0.367 e. The highest BCUT2D eigenvalue weighted by Crippen LogP contribution is 2.22. The van der Waals surface area contributed by atoms with Gasteiger partial charge in [0.15, 0.2) is 0 Å². The second-order valence-electron chi connectivity index (χ2n) is 3.89. The van der Waals surface area contributed by atoms with Crippen LogP contribution in [0.4, 0.5) is 0 Å². The Morgan fingerprint density at radius 2 is 2.06 bits per heavy atom. The number of benzene rings is 1. The number of nitrogens with zero attached hydrogens (tertiary/aromatic N) is 1. The second-order valence-corrected chi connectivity index (χ2v) is 3.89. The van der Waals surface area contributed by atoms with Gasteiger partial charge in [-0.2, -0.15) is 0 Å². The zero-order valence-electron chi connectivity index (χ0n) is 9.04. The minimum absolute atomic E-state index is 0.168. The molecule has 1 aromatic carbocycles. The number of carbonyl (C=O) groups is 1. The topological polar surface area (TPSA) is 69.4 Å². The first-order valence-corrected chi connectivity index (χ1v) is 5.26. The largest absolute Gasteiger partial charge is 0.431 e. The second kappa shape index (κ2) is 4.78. The number of ether oxygens (including phenoxy) is 1. The Morgan fingerprint density at radius 1 is 1.35 bits per heavy atom. The standard InChI is InChI=1S/C12H11NO4/c14-12-8-10(7-11(17-12)13(15)16)6-9-4-2-1-3-5-9/h1-5,7,10H,6,8H2. The Balaban J connectivity index is 2.13. The molecule has 5 heteroatoms. The fourth-order valence-electron chi connectivity index (χ4n) is 1.81. The number of nitro groups is 1. The molecule has 0 amide bonds. The molecular formula is C12H11NO4. The maximum Gasteiger partial charge on any atom is 0.431 e. The van der Waals surface area contributed by atoms with E-state index in [9.17, 15) is 14.9 Å². The van der Waals surface area contributed by atoms with Gasteiger partial charge in [-0.15, -0.1) is 0 Å². The average molecular weight is 233 g/mol. The Morgan fingerprint density at radius 3 is 2.71 bits per heavy atom.